The minimum Gasteiger partial charge on any atom is -0.477 e. The molecular formula is C30H41FN4O4. The van der Waals surface area contributed by atoms with Crippen LogP contribution in [-0.4, -0.2) is 58.1 Å². The summed E-state index contributed by atoms with van der Waals surface area (Å²) in [4.78, 5) is 44.0. The summed E-state index contributed by atoms with van der Waals surface area (Å²) >= 11 is 0. The van der Waals surface area contributed by atoms with E-state index in [1.54, 1.807) is 25.1 Å². The smallest absolute Gasteiger partial charge is 0.352 e. The molecule has 3 aliphatic rings. The third kappa shape index (κ3) is 5.55. The first-order valence-corrected chi connectivity index (χ1v) is 14.6. The van der Waals surface area contributed by atoms with Crippen molar-refractivity contribution in [1.82, 2.24) is 9.88 Å². The van der Waals surface area contributed by atoms with Gasteiger partial charge < -0.3 is 26.0 Å². The molecule has 5 rings (SSSR count). The number of aromatic amines is 1. The van der Waals surface area contributed by atoms with Crippen LogP contribution in [-0.2, 0) is 9.59 Å². The van der Waals surface area contributed by atoms with Crippen molar-refractivity contribution in [3.05, 3.63) is 29.5 Å². The Morgan fingerprint density at radius 1 is 1.10 bits per heavy atom. The molecule has 0 bridgehead atoms. The van der Waals surface area contributed by atoms with Crippen molar-refractivity contribution in [1.29, 1.82) is 0 Å². The number of aromatic nitrogens is 1. The van der Waals surface area contributed by atoms with Gasteiger partial charge in [0.2, 0.25) is 11.8 Å². The number of carbonyl (C=O) groups is 3. The first-order valence-electron chi connectivity index (χ1n) is 14.6. The molecule has 8 nitrogen and oxygen atoms in total. The van der Waals surface area contributed by atoms with Crippen molar-refractivity contribution in [2.45, 2.75) is 83.2 Å². The second-order valence-corrected chi connectivity index (χ2v) is 11.9. The van der Waals surface area contributed by atoms with E-state index in [-0.39, 0.29) is 35.3 Å². The molecule has 1 saturated heterocycles. The van der Waals surface area contributed by atoms with Gasteiger partial charge in [-0.3, -0.25) is 9.59 Å². The number of amides is 2. The highest BCUT2D eigenvalue weighted by Gasteiger charge is 2.47. The van der Waals surface area contributed by atoms with Gasteiger partial charge in [0, 0.05) is 35.1 Å². The number of nitrogens with one attached hydrogen (secondary N) is 2. The molecule has 2 aromatic rings. The van der Waals surface area contributed by atoms with Crippen molar-refractivity contribution in [3.8, 4) is 0 Å². The van der Waals surface area contributed by atoms with Crippen molar-refractivity contribution in [2.75, 3.05) is 18.5 Å². The Morgan fingerprint density at radius 2 is 1.82 bits per heavy atom. The van der Waals surface area contributed by atoms with Crippen molar-refractivity contribution in [3.63, 3.8) is 0 Å². The standard InChI is InChI=1S/C30H41FN4O4/c1-17-23-15-21(11-12-25(23)34-26(17)30(38)39)33-28(36)27-22(18-5-3-2-4-6-18)13-14-35(27)29(37)20-9-7-19(8-10-20)24(32)16-31/h11-12,15,18-20,22,24,27,34H,2-10,13-14,16,32H2,1H3,(H,33,36)(H,38,39)/t19-,20-,22?,24?,27?. The number of carboxylic acid groups (broad SMARTS) is 1. The van der Waals surface area contributed by atoms with Gasteiger partial charge in [0.05, 0.1) is 0 Å². The summed E-state index contributed by atoms with van der Waals surface area (Å²) in [6.45, 7) is 1.80. The molecule has 1 aromatic heterocycles. The summed E-state index contributed by atoms with van der Waals surface area (Å²) < 4.78 is 13.1. The Labute approximate surface area is 228 Å². The number of likely N-dealkylation sites (tertiary alicyclic amines) is 1. The van der Waals surface area contributed by atoms with Crippen molar-refractivity contribution in [2.24, 2.45) is 29.4 Å². The molecule has 2 saturated carbocycles. The number of nitrogens with two attached hydrogens (primary N) is 1. The number of aryl methyl sites for hydroxylation is 1. The molecule has 5 N–H and O–H groups in total. The predicted octanol–water partition coefficient (Wildman–Crippen LogP) is 5.01. The van der Waals surface area contributed by atoms with Crippen LogP contribution < -0.4 is 11.1 Å². The topological polar surface area (TPSA) is 129 Å². The maximum Gasteiger partial charge on any atom is 0.352 e. The minimum atomic E-state index is -1.02. The molecule has 0 spiro atoms. The summed E-state index contributed by atoms with van der Waals surface area (Å²) in [5.74, 6) is -0.633. The number of aromatic carboxylic acids is 1. The maximum absolute atomic E-state index is 13.9. The van der Waals surface area contributed by atoms with Crippen LogP contribution in [0.15, 0.2) is 18.2 Å². The van der Waals surface area contributed by atoms with Crippen LogP contribution in [0.1, 0.15) is 80.3 Å². The summed E-state index contributed by atoms with van der Waals surface area (Å²) in [5, 5.41) is 13.3. The lowest BCUT2D eigenvalue weighted by molar-refractivity contribution is -0.142. The lowest BCUT2D eigenvalue weighted by Gasteiger charge is -2.36. The van der Waals surface area contributed by atoms with Gasteiger partial charge in [0.15, 0.2) is 0 Å². The Bertz CT molecular complexity index is 1220. The lowest BCUT2D eigenvalue weighted by atomic mass is 9.76. The number of benzene rings is 1. The number of hydrogen-bond donors (Lipinski definition) is 4. The third-order valence-electron chi connectivity index (χ3n) is 9.70. The van der Waals surface area contributed by atoms with Crippen LogP contribution in [0.2, 0.25) is 0 Å². The zero-order valence-corrected chi connectivity index (χ0v) is 22.8. The number of rotatable bonds is 7. The van der Waals surface area contributed by atoms with Gasteiger partial charge in [-0.05, 0) is 80.5 Å². The molecule has 2 aliphatic carbocycles. The highest BCUT2D eigenvalue weighted by atomic mass is 19.1. The van der Waals surface area contributed by atoms with Crippen LogP contribution in [0.25, 0.3) is 10.9 Å². The normalized spacial score (nSPS) is 27.0. The highest BCUT2D eigenvalue weighted by Crippen LogP contribution is 2.41. The lowest BCUT2D eigenvalue weighted by Crippen LogP contribution is -2.50. The van der Waals surface area contributed by atoms with E-state index in [1.165, 1.54) is 6.42 Å². The quantitative estimate of drug-likeness (QED) is 0.392. The Morgan fingerprint density at radius 3 is 2.49 bits per heavy atom. The molecule has 0 radical (unpaired) electrons. The molecule has 212 valence electrons. The minimum absolute atomic E-state index is 0.0451. The zero-order valence-electron chi connectivity index (χ0n) is 22.8. The Balaban J connectivity index is 1.36. The number of halogens is 1. The van der Waals surface area contributed by atoms with Crippen LogP contribution in [0.5, 0.6) is 0 Å². The summed E-state index contributed by atoms with van der Waals surface area (Å²) in [5.41, 5.74) is 7.98. The number of alkyl halides is 1. The number of fused-ring (bicyclic) bond motifs is 1. The van der Waals surface area contributed by atoms with Gasteiger partial charge in [0.25, 0.3) is 0 Å². The predicted molar refractivity (Wildman–Crippen MR) is 148 cm³/mol. The maximum atomic E-state index is 13.9. The van der Waals surface area contributed by atoms with E-state index in [0.29, 0.717) is 42.1 Å². The molecule has 9 heteroatoms. The second kappa shape index (κ2) is 11.7. The van der Waals surface area contributed by atoms with Crippen LogP contribution in [0.3, 0.4) is 0 Å². The molecular weight excluding hydrogens is 499 g/mol. The fourth-order valence-corrected chi connectivity index (χ4v) is 7.44. The van der Waals surface area contributed by atoms with E-state index >= 15 is 0 Å². The molecule has 3 fully saturated rings. The number of nitrogens with zero attached hydrogens (tertiary/aromatic N) is 1. The van der Waals surface area contributed by atoms with Crippen LogP contribution in [0, 0.1) is 30.6 Å². The van der Waals surface area contributed by atoms with Gasteiger partial charge in [-0.1, -0.05) is 32.1 Å². The largest absolute Gasteiger partial charge is 0.477 e. The fourth-order valence-electron chi connectivity index (χ4n) is 7.44. The molecule has 3 atom stereocenters. The number of carboxylic acids is 1. The number of H-pyrrole nitrogens is 1. The molecule has 1 aromatic carbocycles. The van der Waals surface area contributed by atoms with Gasteiger partial charge in [-0.15, -0.1) is 0 Å². The van der Waals surface area contributed by atoms with Crippen LogP contribution in [0.4, 0.5) is 10.1 Å². The first kappa shape index (κ1) is 27.6. The fraction of sp³-hybridized carbons (Fsp3) is 0.633. The number of anilines is 1. The Hall–Kier alpha value is -2.94. The molecule has 3 unspecified atom stereocenters. The first-order chi connectivity index (χ1) is 18.8. The van der Waals surface area contributed by atoms with E-state index in [1.807, 2.05) is 4.90 Å². The second-order valence-electron chi connectivity index (χ2n) is 11.9. The van der Waals surface area contributed by atoms with E-state index < -0.39 is 24.7 Å². The monoisotopic (exact) mass is 540 g/mol. The van der Waals surface area contributed by atoms with E-state index in [9.17, 15) is 23.9 Å². The molecule has 2 heterocycles. The highest BCUT2D eigenvalue weighted by molar-refractivity contribution is 6.02. The molecule has 2 amide bonds. The van der Waals surface area contributed by atoms with Crippen molar-refractivity contribution < 1.29 is 23.9 Å². The van der Waals surface area contributed by atoms with Gasteiger partial charge >= 0.3 is 5.97 Å². The average Bonchev–Trinajstić information content (AvgIpc) is 3.54. The SMILES string of the molecule is Cc1c(C(=O)O)[nH]c2ccc(NC(=O)C3C(C4CCCCC4)CCN3C(=O)[C@H]3CC[C@H](C(N)CF)CC3)cc12. The van der Waals surface area contributed by atoms with Gasteiger partial charge in [-0.25, -0.2) is 9.18 Å². The summed E-state index contributed by atoms with van der Waals surface area (Å²) in [6.07, 6.45) is 9.42. The Kier molecular flexibility index (Phi) is 8.26. The molecule has 1 aliphatic heterocycles. The van der Waals surface area contributed by atoms with E-state index in [4.69, 9.17) is 5.73 Å². The summed E-state index contributed by atoms with van der Waals surface area (Å²) in [7, 11) is 0. The number of carbonyl (C=O) groups excluding carboxylic acids is 2. The van der Waals surface area contributed by atoms with Crippen molar-refractivity contribution >= 4 is 34.4 Å². The number of hydrogen-bond acceptors (Lipinski definition) is 4. The third-order valence-corrected chi connectivity index (χ3v) is 9.70. The summed E-state index contributed by atoms with van der Waals surface area (Å²) in [6, 6.07) is 4.37. The molecule has 39 heavy (non-hydrogen) atoms. The van der Waals surface area contributed by atoms with Crippen LogP contribution >= 0.6 is 0 Å². The van der Waals surface area contributed by atoms with Gasteiger partial charge in [0.1, 0.15) is 18.4 Å². The zero-order chi connectivity index (χ0) is 27.7. The van der Waals surface area contributed by atoms with E-state index in [0.717, 1.165) is 50.3 Å². The van der Waals surface area contributed by atoms with E-state index in [2.05, 4.69) is 10.3 Å². The van der Waals surface area contributed by atoms with Gasteiger partial charge in [-0.2, -0.15) is 0 Å². The average molecular weight is 541 g/mol.